The number of amides is 2. The van der Waals surface area contributed by atoms with Crippen LogP contribution in [0.15, 0.2) is 18.5 Å². The van der Waals surface area contributed by atoms with Gasteiger partial charge in [-0.1, -0.05) is 0 Å². The Balaban J connectivity index is 1.95. The van der Waals surface area contributed by atoms with Crippen LogP contribution < -0.4 is 5.32 Å². The van der Waals surface area contributed by atoms with E-state index in [-0.39, 0.29) is 11.9 Å². The van der Waals surface area contributed by atoms with Gasteiger partial charge in [-0.25, -0.2) is 4.79 Å². The highest BCUT2D eigenvalue weighted by Gasteiger charge is 2.35. The summed E-state index contributed by atoms with van der Waals surface area (Å²) in [4.78, 5) is 26.6. The molecule has 0 radical (unpaired) electrons. The third kappa shape index (κ3) is 5.25. The molecule has 1 aliphatic heterocycles. The molecule has 134 valence electrons. The van der Waals surface area contributed by atoms with Crippen LogP contribution in [0.1, 0.15) is 47.0 Å². The van der Waals surface area contributed by atoms with Crippen LogP contribution >= 0.6 is 0 Å². The molecule has 0 aliphatic carbocycles. The van der Waals surface area contributed by atoms with E-state index < -0.39 is 17.7 Å². The maximum atomic E-state index is 12.6. The average Bonchev–Trinajstić information content (AvgIpc) is 2.98. The molecule has 7 nitrogen and oxygen atoms in total. The zero-order chi connectivity index (χ0) is 17.7. The number of carbonyl (C=O) groups is 2. The Morgan fingerprint density at radius 1 is 1.38 bits per heavy atom. The van der Waals surface area contributed by atoms with Crippen molar-refractivity contribution in [1.29, 1.82) is 0 Å². The quantitative estimate of drug-likeness (QED) is 0.914. The number of hydrogen-bond acceptors (Lipinski definition) is 4. The fraction of sp³-hybridized carbons (Fsp3) is 0.706. The molecule has 1 fully saturated rings. The molecule has 2 amide bonds. The smallest absolute Gasteiger partial charge is 0.410 e. The summed E-state index contributed by atoms with van der Waals surface area (Å²) in [6.45, 7) is 8.57. The summed E-state index contributed by atoms with van der Waals surface area (Å²) in [6, 6.07) is 1.31. The van der Waals surface area contributed by atoms with Crippen molar-refractivity contribution in [3.63, 3.8) is 0 Å². The van der Waals surface area contributed by atoms with E-state index in [0.29, 0.717) is 19.5 Å². The summed E-state index contributed by atoms with van der Waals surface area (Å²) in [6.07, 6.45) is 5.65. The molecule has 0 saturated carbocycles. The van der Waals surface area contributed by atoms with Gasteiger partial charge in [0.05, 0.1) is 6.54 Å². The summed E-state index contributed by atoms with van der Waals surface area (Å²) >= 11 is 0. The Morgan fingerprint density at radius 3 is 2.75 bits per heavy atom. The maximum absolute atomic E-state index is 12.6. The van der Waals surface area contributed by atoms with Crippen LogP contribution in [0.3, 0.4) is 0 Å². The van der Waals surface area contributed by atoms with E-state index in [1.54, 1.807) is 15.8 Å². The minimum atomic E-state index is -0.567. The average molecular weight is 336 g/mol. The predicted molar refractivity (Wildman–Crippen MR) is 90.4 cm³/mol. The molecule has 2 rings (SSSR count). The van der Waals surface area contributed by atoms with Gasteiger partial charge in [0.15, 0.2) is 0 Å². The minimum absolute atomic E-state index is 0.0696. The second kappa shape index (κ2) is 7.68. The highest BCUT2D eigenvalue weighted by Crippen LogP contribution is 2.20. The number of nitrogens with one attached hydrogen (secondary N) is 1. The van der Waals surface area contributed by atoms with Crippen LogP contribution in [-0.2, 0) is 16.1 Å². The first-order valence-electron chi connectivity index (χ1n) is 8.54. The van der Waals surface area contributed by atoms with E-state index in [2.05, 4.69) is 10.4 Å². The van der Waals surface area contributed by atoms with Gasteiger partial charge in [-0.15, -0.1) is 0 Å². The third-order valence-corrected chi connectivity index (χ3v) is 3.84. The van der Waals surface area contributed by atoms with Crippen molar-refractivity contribution in [2.75, 3.05) is 6.54 Å². The summed E-state index contributed by atoms with van der Waals surface area (Å²) in [5, 5.41) is 7.13. The molecule has 1 aromatic rings. The highest BCUT2D eigenvalue weighted by atomic mass is 16.6. The van der Waals surface area contributed by atoms with Gasteiger partial charge in [0.1, 0.15) is 11.6 Å². The van der Waals surface area contributed by atoms with Gasteiger partial charge in [0.2, 0.25) is 5.91 Å². The lowest BCUT2D eigenvalue weighted by Crippen LogP contribution is -2.54. The Morgan fingerprint density at radius 2 is 2.12 bits per heavy atom. The number of carbonyl (C=O) groups excluding carboxylic acids is 2. The Labute approximate surface area is 143 Å². The Hall–Kier alpha value is -2.05. The lowest BCUT2D eigenvalue weighted by atomic mass is 10.0. The monoisotopic (exact) mass is 336 g/mol. The van der Waals surface area contributed by atoms with Crippen molar-refractivity contribution in [2.24, 2.45) is 0 Å². The second-order valence-corrected chi connectivity index (χ2v) is 7.32. The summed E-state index contributed by atoms with van der Waals surface area (Å²) < 4.78 is 7.22. The number of ether oxygens (including phenoxy) is 1. The van der Waals surface area contributed by atoms with Crippen LogP contribution in [-0.4, -0.2) is 50.9 Å². The largest absolute Gasteiger partial charge is 0.444 e. The summed E-state index contributed by atoms with van der Waals surface area (Å²) in [7, 11) is 0. The molecule has 24 heavy (non-hydrogen) atoms. The van der Waals surface area contributed by atoms with Crippen molar-refractivity contribution in [2.45, 2.75) is 71.2 Å². The van der Waals surface area contributed by atoms with Gasteiger partial charge in [-0.05, 0) is 53.0 Å². The van der Waals surface area contributed by atoms with E-state index in [1.165, 1.54) is 0 Å². The van der Waals surface area contributed by atoms with Crippen LogP contribution in [0.5, 0.6) is 0 Å². The molecule has 2 unspecified atom stereocenters. The summed E-state index contributed by atoms with van der Waals surface area (Å²) in [5.74, 6) is -0.125. The zero-order valence-corrected chi connectivity index (χ0v) is 15.0. The topological polar surface area (TPSA) is 76.5 Å². The number of rotatable bonds is 4. The van der Waals surface area contributed by atoms with Gasteiger partial charge >= 0.3 is 6.09 Å². The van der Waals surface area contributed by atoms with Crippen molar-refractivity contribution in [1.82, 2.24) is 20.0 Å². The highest BCUT2D eigenvalue weighted by molar-refractivity contribution is 5.86. The number of likely N-dealkylation sites (tertiary alicyclic amines) is 1. The SMILES string of the molecule is CC(Cn1cccn1)NC(=O)C1CCCCN1C(=O)OC(C)(C)C. The lowest BCUT2D eigenvalue weighted by molar-refractivity contribution is -0.128. The lowest BCUT2D eigenvalue weighted by Gasteiger charge is -2.36. The van der Waals surface area contributed by atoms with Gasteiger partial charge < -0.3 is 10.1 Å². The maximum Gasteiger partial charge on any atom is 0.410 e. The van der Waals surface area contributed by atoms with Crippen molar-refractivity contribution in [3.8, 4) is 0 Å². The fourth-order valence-corrected chi connectivity index (χ4v) is 2.82. The van der Waals surface area contributed by atoms with Crippen LogP contribution in [0, 0.1) is 0 Å². The third-order valence-electron chi connectivity index (χ3n) is 3.84. The van der Waals surface area contributed by atoms with Crippen LogP contribution in [0.25, 0.3) is 0 Å². The molecule has 0 bridgehead atoms. The first-order valence-corrected chi connectivity index (χ1v) is 8.54. The number of aromatic nitrogens is 2. The van der Waals surface area contributed by atoms with Gasteiger partial charge in [0, 0.05) is 25.0 Å². The van der Waals surface area contributed by atoms with Crippen molar-refractivity contribution >= 4 is 12.0 Å². The number of hydrogen-bond donors (Lipinski definition) is 1. The van der Waals surface area contributed by atoms with E-state index in [9.17, 15) is 9.59 Å². The molecule has 1 aliphatic rings. The minimum Gasteiger partial charge on any atom is -0.444 e. The molecule has 2 atom stereocenters. The van der Waals surface area contributed by atoms with Gasteiger partial charge in [0.25, 0.3) is 0 Å². The molecule has 1 saturated heterocycles. The van der Waals surface area contributed by atoms with Crippen molar-refractivity contribution in [3.05, 3.63) is 18.5 Å². The van der Waals surface area contributed by atoms with E-state index in [4.69, 9.17) is 4.74 Å². The van der Waals surface area contributed by atoms with E-state index >= 15 is 0 Å². The van der Waals surface area contributed by atoms with Crippen molar-refractivity contribution < 1.29 is 14.3 Å². The molecule has 2 heterocycles. The second-order valence-electron chi connectivity index (χ2n) is 7.32. The van der Waals surface area contributed by atoms with E-state index in [0.717, 1.165) is 12.8 Å². The molecule has 1 aromatic heterocycles. The molecular weight excluding hydrogens is 308 g/mol. The number of piperidine rings is 1. The Bertz CT molecular complexity index is 551. The van der Waals surface area contributed by atoms with Gasteiger partial charge in [-0.2, -0.15) is 5.10 Å². The predicted octanol–water partition coefficient (Wildman–Crippen LogP) is 2.18. The van der Waals surface area contributed by atoms with Gasteiger partial charge in [-0.3, -0.25) is 14.4 Å². The van der Waals surface area contributed by atoms with E-state index in [1.807, 2.05) is 40.0 Å². The van der Waals surface area contributed by atoms with Crippen LogP contribution in [0.2, 0.25) is 0 Å². The fourth-order valence-electron chi connectivity index (χ4n) is 2.82. The first-order chi connectivity index (χ1) is 11.3. The normalized spacial score (nSPS) is 19.7. The molecule has 0 spiro atoms. The van der Waals surface area contributed by atoms with Crippen LogP contribution in [0.4, 0.5) is 4.79 Å². The molecular formula is C17H28N4O3. The molecule has 7 heteroatoms. The standard InChI is InChI=1S/C17H28N4O3/c1-13(12-20-10-7-9-18-20)19-15(22)14-8-5-6-11-21(14)16(23)24-17(2,3)4/h7,9-10,13-14H,5-6,8,11-12H2,1-4H3,(H,19,22). The summed E-state index contributed by atoms with van der Waals surface area (Å²) in [5.41, 5.74) is -0.567. The number of nitrogens with zero attached hydrogens (tertiary/aromatic N) is 3. The first kappa shape index (κ1) is 18.3. The molecule has 1 N–H and O–H groups in total. The zero-order valence-electron chi connectivity index (χ0n) is 15.0. The Kier molecular flexibility index (Phi) is 5.85. The molecule has 0 aromatic carbocycles.